The van der Waals surface area contributed by atoms with Gasteiger partial charge in [-0.15, -0.1) is 0 Å². The minimum Gasteiger partial charge on any atom is -0.369 e. The molecule has 0 bridgehead atoms. The Morgan fingerprint density at radius 3 is 1.00 bits per heavy atom. The fourth-order valence-corrected chi connectivity index (χ4v) is 0. The third-order valence-corrected chi connectivity index (χ3v) is 0. The van der Waals surface area contributed by atoms with Crippen molar-refractivity contribution in [3.05, 3.63) is 0 Å². The second-order valence-electron chi connectivity index (χ2n) is 0.214. The van der Waals surface area contributed by atoms with E-state index in [4.69, 9.17) is 0 Å². The minimum absolute atomic E-state index is 0. The first-order chi connectivity index (χ1) is 1.73. The first-order valence-corrected chi connectivity index (χ1v) is 3.35. The Labute approximate surface area is 38.1 Å². The predicted molar refractivity (Wildman–Crippen MR) is 9.31 cm³/mol. The molecular formula is H4F3NZr+2. The van der Waals surface area contributed by atoms with E-state index in [1.807, 2.05) is 0 Å². The number of hydrogen-bond acceptors (Lipinski definition) is 0. The molecule has 0 aromatic carbocycles. The molecule has 5 heteroatoms. The molecule has 0 amide bonds. The average molecular weight is 166 g/mol. The Kier molecular flexibility index (Phi) is 8.49. The van der Waals surface area contributed by atoms with Crippen molar-refractivity contribution in [3.8, 4) is 0 Å². The standard InChI is InChI=1S/3FH.H3N.Zr/h3*1H;1H3;/q;;;;+4/p-2. The van der Waals surface area contributed by atoms with E-state index in [2.05, 4.69) is 0 Å². The van der Waals surface area contributed by atoms with Crippen molar-refractivity contribution in [1.82, 2.24) is 6.15 Å². The van der Waals surface area contributed by atoms with Crippen molar-refractivity contribution in [2.45, 2.75) is 0 Å². The zero-order chi connectivity index (χ0) is 3.58. The van der Waals surface area contributed by atoms with Gasteiger partial charge in [-0.05, 0) is 0 Å². The summed E-state index contributed by atoms with van der Waals surface area (Å²) in [7, 11) is 0. The molecule has 0 aromatic rings. The molecule has 1 nitrogen and oxygen atoms in total. The summed E-state index contributed by atoms with van der Waals surface area (Å²) in [6, 6.07) is 0. The van der Waals surface area contributed by atoms with Crippen molar-refractivity contribution < 1.29 is 31.5 Å². The molecule has 0 saturated heterocycles. The third kappa shape index (κ3) is 80.1. The van der Waals surface area contributed by atoms with E-state index in [0.717, 1.165) is 0 Å². The first kappa shape index (κ1) is 9.16. The van der Waals surface area contributed by atoms with Gasteiger partial charge in [-0.3, -0.25) is 0 Å². The van der Waals surface area contributed by atoms with Crippen molar-refractivity contribution in [2.75, 3.05) is 0 Å². The molecule has 0 aromatic heterocycles. The average Bonchev–Trinajstić information content (AvgIpc) is 0.811. The summed E-state index contributed by atoms with van der Waals surface area (Å²) in [6.07, 6.45) is 0. The third-order valence-electron chi connectivity index (χ3n) is 0. The van der Waals surface area contributed by atoms with Gasteiger partial charge in [0, 0.05) is 0 Å². The maximum atomic E-state index is 9.86. The van der Waals surface area contributed by atoms with E-state index in [1.54, 1.807) is 0 Å². The van der Waals surface area contributed by atoms with Crippen LogP contribution < -0.4 is 6.15 Å². The number of halogens is 3. The van der Waals surface area contributed by atoms with Gasteiger partial charge < -0.3 is 6.15 Å². The Bertz CT molecular complexity index is 11.6. The van der Waals surface area contributed by atoms with Crippen LogP contribution in [0.4, 0.5) is 7.88 Å². The van der Waals surface area contributed by atoms with E-state index in [0.29, 0.717) is 0 Å². The maximum Gasteiger partial charge on any atom is -0.369 e. The molecule has 0 radical (unpaired) electrons. The topological polar surface area (TPSA) is 36.5 Å². The van der Waals surface area contributed by atoms with Gasteiger partial charge in [-0.25, -0.2) is 0 Å². The molecule has 0 aliphatic carbocycles. The molecule has 0 fully saturated rings. The molecule has 4 N–H and O–H groups in total. The Balaban J connectivity index is 0. The molecule has 0 aliphatic heterocycles. The smallest absolute Gasteiger partial charge is 0.369 e. The second-order valence-corrected chi connectivity index (χ2v) is 1.27. The molecule has 5 heavy (non-hydrogen) atoms. The Morgan fingerprint density at radius 2 is 1.00 bits per heavy atom. The van der Waals surface area contributed by atoms with Crippen LogP contribution in [0.15, 0.2) is 0 Å². The largest absolute Gasteiger partial charge is 0.369 e. The Hall–Kier alpha value is 0.633. The van der Waals surface area contributed by atoms with E-state index in [1.165, 1.54) is 0 Å². The van der Waals surface area contributed by atoms with Crippen LogP contribution in [0.25, 0.3) is 0 Å². The van der Waals surface area contributed by atoms with E-state index >= 15 is 0 Å². The zero-order valence-corrected chi connectivity index (χ0v) is 5.09. The van der Waals surface area contributed by atoms with Crippen LogP contribution in [0.1, 0.15) is 0 Å². The summed E-state index contributed by atoms with van der Waals surface area (Å²) in [5.74, 6) is 0. The number of quaternary nitrogens is 1. The van der Waals surface area contributed by atoms with Crippen LogP contribution in [0.3, 0.4) is 0 Å². The van der Waals surface area contributed by atoms with Crippen LogP contribution in [-0.4, -0.2) is 0 Å². The van der Waals surface area contributed by atoms with Crippen LogP contribution in [0.2, 0.25) is 0 Å². The van der Waals surface area contributed by atoms with E-state index in [-0.39, 0.29) is 6.15 Å². The van der Waals surface area contributed by atoms with Crippen molar-refractivity contribution in [2.24, 2.45) is 0 Å². The summed E-state index contributed by atoms with van der Waals surface area (Å²) < 4.78 is 29.6. The molecule has 0 unspecified atom stereocenters. The fourth-order valence-electron chi connectivity index (χ4n) is 0. The van der Waals surface area contributed by atoms with Gasteiger partial charge in [-0.2, -0.15) is 0 Å². The maximum absolute atomic E-state index is 9.86. The van der Waals surface area contributed by atoms with Crippen molar-refractivity contribution in [1.29, 1.82) is 0 Å². The van der Waals surface area contributed by atoms with Crippen molar-refractivity contribution >= 4 is 0 Å². The number of hydrogen-bond donors (Lipinski definition) is 1. The summed E-state index contributed by atoms with van der Waals surface area (Å²) in [4.78, 5) is 0. The van der Waals surface area contributed by atoms with Gasteiger partial charge in [0.15, 0.2) is 0 Å². The summed E-state index contributed by atoms with van der Waals surface area (Å²) in [5.41, 5.74) is 0. The molecule has 32 valence electrons. The monoisotopic (exact) mass is 165 g/mol. The summed E-state index contributed by atoms with van der Waals surface area (Å²) in [5, 5.41) is 0. The molecular weight excluding hydrogens is 162 g/mol. The molecule has 0 spiro atoms. The molecule has 0 rings (SSSR count). The second kappa shape index (κ2) is 4.63. The van der Waals surface area contributed by atoms with E-state index < -0.39 is 23.6 Å². The first-order valence-electron chi connectivity index (χ1n) is 0.567. The van der Waals surface area contributed by atoms with Crippen LogP contribution >= 0.6 is 0 Å². The van der Waals surface area contributed by atoms with Gasteiger partial charge in [0.1, 0.15) is 0 Å². The minimum atomic E-state index is -5.04. The zero-order valence-electron chi connectivity index (χ0n) is 2.63. The van der Waals surface area contributed by atoms with Gasteiger partial charge in [0.25, 0.3) is 0 Å². The van der Waals surface area contributed by atoms with Crippen LogP contribution in [-0.2, 0) is 23.6 Å². The van der Waals surface area contributed by atoms with Crippen LogP contribution in [0, 0.1) is 0 Å². The fraction of sp³-hybridized carbons (Fsp3) is 0. The van der Waals surface area contributed by atoms with Gasteiger partial charge in [0.05, 0.1) is 0 Å². The SMILES string of the molecule is [F][Zr+]([F])[F].[NH4+]. The van der Waals surface area contributed by atoms with Crippen molar-refractivity contribution in [3.63, 3.8) is 0 Å². The predicted octanol–water partition coefficient (Wildman–Crippen LogP) is 1.63. The molecule has 0 atom stereocenters. The number of rotatable bonds is 0. The Morgan fingerprint density at radius 1 is 1.00 bits per heavy atom. The van der Waals surface area contributed by atoms with E-state index in [9.17, 15) is 7.88 Å². The molecule has 0 heterocycles. The van der Waals surface area contributed by atoms with Gasteiger partial charge in [-0.1, -0.05) is 0 Å². The van der Waals surface area contributed by atoms with Crippen LogP contribution in [0.5, 0.6) is 0 Å². The van der Waals surface area contributed by atoms with Gasteiger partial charge >= 0.3 is 31.5 Å². The quantitative estimate of drug-likeness (QED) is 0.568. The summed E-state index contributed by atoms with van der Waals surface area (Å²) >= 11 is -5.04. The molecule has 0 saturated carbocycles. The van der Waals surface area contributed by atoms with Gasteiger partial charge in [0.2, 0.25) is 0 Å². The molecule has 0 aliphatic rings. The normalized spacial score (nSPS) is 5.40. The summed E-state index contributed by atoms with van der Waals surface area (Å²) in [6.45, 7) is 0.